The molecule has 1 aromatic rings. The summed E-state index contributed by atoms with van der Waals surface area (Å²) >= 11 is 0. The lowest BCUT2D eigenvalue weighted by Crippen LogP contribution is -2.54. The van der Waals surface area contributed by atoms with Crippen LogP contribution in [0.5, 0.6) is 0 Å². The highest BCUT2D eigenvalue weighted by atomic mass is 16.2. The summed E-state index contributed by atoms with van der Waals surface area (Å²) in [5.41, 5.74) is 1.06. The number of amides is 2. The minimum Gasteiger partial charge on any atom is -0.356 e. The van der Waals surface area contributed by atoms with Crippen LogP contribution < -0.4 is 10.2 Å². The molecule has 1 aromatic heterocycles. The number of piperidine rings is 2. The van der Waals surface area contributed by atoms with Crippen LogP contribution in [0.2, 0.25) is 0 Å². The van der Waals surface area contributed by atoms with Crippen LogP contribution in [0, 0.1) is 12.8 Å². The van der Waals surface area contributed by atoms with E-state index in [2.05, 4.69) is 32.2 Å². The fourth-order valence-corrected chi connectivity index (χ4v) is 4.92. The average Bonchev–Trinajstić information content (AvgIpc) is 3.11. The molecule has 1 saturated carbocycles. The maximum absolute atomic E-state index is 12.8. The van der Waals surface area contributed by atoms with E-state index in [9.17, 15) is 4.79 Å². The lowest BCUT2D eigenvalue weighted by molar-refractivity contribution is 0.125. The summed E-state index contributed by atoms with van der Waals surface area (Å²) in [6.07, 6.45) is 8.31. The number of nitrogens with one attached hydrogen (secondary N) is 1. The van der Waals surface area contributed by atoms with Gasteiger partial charge in [-0.25, -0.2) is 9.78 Å². The van der Waals surface area contributed by atoms with Gasteiger partial charge in [0.25, 0.3) is 0 Å². The lowest BCUT2D eigenvalue weighted by atomic mass is 9.92. The highest BCUT2D eigenvalue weighted by Gasteiger charge is 2.37. The van der Waals surface area contributed by atoms with Gasteiger partial charge in [0.1, 0.15) is 5.82 Å². The number of aryl methyl sites for hydroxylation is 1. The molecule has 0 spiro atoms. The minimum absolute atomic E-state index is 0.184. The molecule has 25 heavy (non-hydrogen) atoms. The summed E-state index contributed by atoms with van der Waals surface area (Å²) < 4.78 is 0. The molecule has 5 heteroatoms. The van der Waals surface area contributed by atoms with Gasteiger partial charge < -0.3 is 15.1 Å². The van der Waals surface area contributed by atoms with E-state index in [4.69, 9.17) is 0 Å². The number of fused-ring (bicyclic) bond motifs is 1. The Hall–Kier alpha value is -1.78. The van der Waals surface area contributed by atoms with Crippen molar-refractivity contribution >= 4 is 11.8 Å². The molecule has 0 aromatic carbocycles. The number of hydrogen-bond donors (Lipinski definition) is 1. The number of carbonyl (C=O) groups is 1. The van der Waals surface area contributed by atoms with E-state index >= 15 is 0 Å². The fourth-order valence-electron chi connectivity index (χ4n) is 4.92. The third-order valence-electron chi connectivity index (χ3n) is 6.27. The zero-order chi connectivity index (χ0) is 17.2. The molecule has 5 nitrogen and oxygen atoms in total. The zero-order valence-corrected chi connectivity index (χ0v) is 15.3. The molecular weight excluding hydrogens is 312 g/mol. The van der Waals surface area contributed by atoms with Crippen LogP contribution in [-0.4, -0.2) is 47.6 Å². The lowest BCUT2D eigenvalue weighted by Gasteiger charge is -2.39. The van der Waals surface area contributed by atoms with E-state index in [-0.39, 0.29) is 6.03 Å². The molecule has 3 aliphatic rings. The summed E-state index contributed by atoms with van der Waals surface area (Å²) in [6, 6.07) is 7.18. The van der Waals surface area contributed by atoms with Crippen LogP contribution in [-0.2, 0) is 0 Å². The molecule has 0 unspecified atom stereocenters. The fraction of sp³-hybridized carbons (Fsp3) is 0.700. The van der Waals surface area contributed by atoms with Crippen molar-refractivity contribution in [2.24, 2.45) is 5.92 Å². The van der Waals surface area contributed by atoms with Gasteiger partial charge in [0, 0.05) is 37.4 Å². The third kappa shape index (κ3) is 3.60. The zero-order valence-electron chi connectivity index (χ0n) is 15.3. The van der Waals surface area contributed by atoms with Crippen LogP contribution in [0.4, 0.5) is 10.6 Å². The average molecular weight is 342 g/mol. The monoisotopic (exact) mass is 342 g/mol. The summed E-state index contributed by atoms with van der Waals surface area (Å²) in [5, 5.41) is 3.32. The Kier molecular flexibility index (Phi) is 4.82. The van der Waals surface area contributed by atoms with Gasteiger partial charge in [-0.1, -0.05) is 12.5 Å². The number of carbonyl (C=O) groups excluding carboxylic acids is 1. The minimum atomic E-state index is 0.184. The predicted molar refractivity (Wildman–Crippen MR) is 99.8 cm³/mol. The number of aromatic nitrogens is 1. The normalized spacial score (nSPS) is 27.2. The van der Waals surface area contributed by atoms with E-state index in [0.29, 0.717) is 12.1 Å². The molecule has 1 N–H and O–H groups in total. The van der Waals surface area contributed by atoms with Crippen molar-refractivity contribution in [1.82, 2.24) is 15.2 Å². The number of likely N-dealkylation sites (tertiary alicyclic amines) is 1. The molecule has 4 rings (SSSR count). The molecule has 3 heterocycles. The second-order valence-corrected chi connectivity index (χ2v) is 7.94. The quantitative estimate of drug-likeness (QED) is 0.897. The Morgan fingerprint density at radius 2 is 1.88 bits per heavy atom. The van der Waals surface area contributed by atoms with Gasteiger partial charge in [0.05, 0.1) is 0 Å². The maximum Gasteiger partial charge on any atom is 0.317 e. The molecule has 1 aliphatic carbocycles. The topological polar surface area (TPSA) is 48.5 Å². The van der Waals surface area contributed by atoms with E-state index in [1.165, 1.54) is 32.1 Å². The third-order valence-corrected chi connectivity index (χ3v) is 6.27. The number of pyridine rings is 1. The highest BCUT2D eigenvalue weighted by Crippen LogP contribution is 2.36. The summed E-state index contributed by atoms with van der Waals surface area (Å²) in [6.45, 7) is 4.91. The Labute approximate surface area is 150 Å². The van der Waals surface area contributed by atoms with Gasteiger partial charge in [0.15, 0.2) is 0 Å². The first-order valence-corrected chi connectivity index (χ1v) is 9.96. The van der Waals surface area contributed by atoms with Crippen LogP contribution >= 0.6 is 0 Å². The van der Waals surface area contributed by atoms with Crippen LogP contribution in [0.25, 0.3) is 0 Å². The molecule has 0 radical (unpaired) electrons. The van der Waals surface area contributed by atoms with E-state index in [1.54, 1.807) is 0 Å². The standard InChI is InChI=1S/C20H30N4O/c1-15-5-2-9-19(21-15)23-13-10-17(11-14-23)22-20(25)24-12-4-7-16-6-3-8-18(16)24/h2,5,9,16-18H,3-4,6-8,10-14H2,1H3,(H,22,25)/t16-,18+/m0/s1. The van der Waals surface area contributed by atoms with Gasteiger partial charge in [-0.05, 0) is 63.5 Å². The number of nitrogens with zero attached hydrogens (tertiary/aromatic N) is 3. The molecule has 2 aliphatic heterocycles. The Morgan fingerprint density at radius 1 is 1.08 bits per heavy atom. The molecule has 2 saturated heterocycles. The van der Waals surface area contributed by atoms with E-state index in [1.807, 2.05) is 13.0 Å². The second-order valence-electron chi connectivity index (χ2n) is 7.94. The smallest absolute Gasteiger partial charge is 0.317 e. The van der Waals surface area contributed by atoms with Crippen molar-refractivity contribution in [2.45, 2.75) is 64.0 Å². The number of urea groups is 1. The molecule has 136 valence electrons. The number of anilines is 1. The van der Waals surface area contributed by atoms with E-state index < -0.39 is 0 Å². The van der Waals surface area contributed by atoms with Gasteiger partial charge in [-0.3, -0.25) is 0 Å². The first-order chi connectivity index (χ1) is 12.2. The Bertz CT molecular complexity index is 611. The van der Waals surface area contributed by atoms with Crippen molar-refractivity contribution in [1.29, 1.82) is 0 Å². The highest BCUT2D eigenvalue weighted by molar-refractivity contribution is 5.75. The van der Waals surface area contributed by atoms with Gasteiger partial charge >= 0.3 is 6.03 Å². The number of rotatable bonds is 2. The van der Waals surface area contributed by atoms with Crippen molar-refractivity contribution in [3.63, 3.8) is 0 Å². The maximum atomic E-state index is 12.8. The van der Waals surface area contributed by atoms with Crippen molar-refractivity contribution in [3.05, 3.63) is 23.9 Å². The van der Waals surface area contributed by atoms with Crippen LogP contribution in [0.15, 0.2) is 18.2 Å². The van der Waals surface area contributed by atoms with Crippen molar-refractivity contribution in [3.8, 4) is 0 Å². The van der Waals surface area contributed by atoms with Crippen LogP contribution in [0.1, 0.15) is 50.6 Å². The van der Waals surface area contributed by atoms with Gasteiger partial charge in [-0.15, -0.1) is 0 Å². The summed E-state index contributed by atoms with van der Waals surface area (Å²) in [5.74, 6) is 1.82. The van der Waals surface area contributed by atoms with Gasteiger partial charge in [-0.2, -0.15) is 0 Å². The molecular formula is C20H30N4O. The second kappa shape index (κ2) is 7.22. The van der Waals surface area contributed by atoms with Crippen LogP contribution in [0.3, 0.4) is 0 Å². The SMILES string of the molecule is Cc1cccc(N2CCC(NC(=O)N3CCC[C@@H]4CCC[C@H]43)CC2)n1. The summed E-state index contributed by atoms with van der Waals surface area (Å²) in [4.78, 5) is 21.9. The molecule has 2 atom stereocenters. The Morgan fingerprint density at radius 3 is 2.68 bits per heavy atom. The molecule has 0 bridgehead atoms. The summed E-state index contributed by atoms with van der Waals surface area (Å²) in [7, 11) is 0. The van der Waals surface area contributed by atoms with E-state index in [0.717, 1.165) is 49.9 Å². The van der Waals surface area contributed by atoms with Crippen molar-refractivity contribution < 1.29 is 4.79 Å². The largest absolute Gasteiger partial charge is 0.356 e. The predicted octanol–water partition coefficient (Wildman–Crippen LogP) is 3.33. The first-order valence-electron chi connectivity index (χ1n) is 9.96. The number of hydrogen-bond acceptors (Lipinski definition) is 3. The molecule has 2 amide bonds. The first kappa shape index (κ1) is 16.7. The van der Waals surface area contributed by atoms with Gasteiger partial charge in [0.2, 0.25) is 0 Å². The molecule has 3 fully saturated rings. The van der Waals surface area contributed by atoms with Crippen molar-refractivity contribution in [2.75, 3.05) is 24.5 Å². The Balaban J connectivity index is 1.30.